The lowest BCUT2D eigenvalue weighted by Crippen LogP contribution is -2.46. The molecule has 0 spiro atoms. The fourth-order valence-corrected chi connectivity index (χ4v) is 3.63. The van der Waals surface area contributed by atoms with Gasteiger partial charge in [0.05, 0.1) is 24.9 Å². The highest BCUT2D eigenvalue weighted by Crippen LogP contribution is 2.29. The molecule has 1 amide bonds. The maximum atomic E-state index is 11.9. The van der Waals surface area contributed by atoms with Crippen molar-refractivity contribution in [2.24, 2.45) is 5.92 Å². The normalized spacial score (nSPS) is 30.0. The number of hydrogen-bond donors (Lipinski definition) is 1. The minimum absolute atomic E-state index is 0.0409. The number of ether oxygens (including phenoxy) is 2. The molecule has 24 heavy (non-hydrogen) atoms. The number of hydrogen-bond acceptors (Lipinski definition) is 4. The summed E-state index contributed by atoms with van der Waals surface area (Å²) in [7, 11) is 0. The van der Waals surface area contributed by atoms with Crippen LogP contribution in [0.25, 0.3) is 0 Å². The molecule has 2 aliphatic carbocycles. The first kappa shape index (κ1) is 19.4. The molecule has 0 bridgehead atoms. The SMILES string of the molecule is CCC(=O)[C@H]1C[C@@H](NC(=O)CCO[C@H]2CC[C@H](OC(C)C)CC2)C1. The Morgan fingerprint density at radius 1 is 1.08 bits per heavy atom. The Kier molecular flexibility index (Phi) is 7.69. The van der Waals surface area contributed by atoms with Crippen LogP contribution in [0.15, 0.2) is 0 Å². The Hall–Kier alpha value is -0.940. The fourth-order valence-electron chi connectivity index (χ4n) is 3.63. The van der Waals surface area contributed by atoms with Crippen LogP contribution in [0.4, 0.5) is 0 Å². The Balaban J connectivity index is 1.51. The summed E-state index contributed by atoms with van der Waals surface area (Å²) in [5.41, 5.74) is 0. The first-order chi connectivity index (χ1) is 11.5. The molecule has 5 nitrogen and oxygen atoms in total. The first-order valence-corrected chi connectivity index (χ1v) is 9.57. The molecule has 2 fully saturated rings. The summed E-state index contributed by atoms with van der Waals surface area (Å²) in [6.07, 6.45) is 7.66. The summed E-state index contributed by atoms with van der Waals surface area (Å²) in [5.74, 6) is 0.528. The van der Waals surface area contributed by atoms with Gasteiger partial charge in [-0.2, -0.15) is 0 Å². The molecule has 2 saturated carbocycles. The molecular weight excluding hydrogens is 306 g/mol. The van der Waals surface area contributed by atoms with Crippen LogP contribution < -0.4 is 5.32 Å². The van der Waals surface area contributed by atoms with Gasteiger partial charge in [0.25, 0.3) is 0 Å². The van der Waals surface area contributed by atoms with Gasteiger partial charge in [0.2, 0.25) is 5.91 Å². The van der Waals surface area contributed by atoms with E-state index in [0.717, 1.165) is 38.5 Å². The van der Waals surface area contributed by atoms with Gasteiger partial charge in [-0.05, 0) is 52.4 Å². The predicted octanol–water partition coefficient (Wildman–Crippen LogP) is 3.00. The van der Waals surface area contributed by atoms with E-state index in [9.17, 15) is 9.59 Å². The molecule has 2 rings (SSSR count). The van der Waals surface area contributed by atoms with Crippen molar-refractivity contribution in [2.45, 2.75) is 96.5 Å². The second-order valence-corrected chi connectivity index (χ2v) is 7.46. The third kappa shape index (κ3) is 6.17. The van der Waals surface area contributed by atoms with E-state index in [1.807, 2.05) is 6.92 Å². The van der Waals surface area contributed by atoms with Crippen molar-refractivity contribution >= 4 is 11.7 Å². The van der Waals surface area contributed by atoms with Crippen molar-refractivity contribution < 1.29 is 19.1 Å². The maximum absolute atomic E-state index is 11.9. The zero-order valence-corrected chi connectivity index (χ0v) is 15.4. The summed E-state index contributed by atoms with van der Waals surface area (Å²) in [6.45, 7) is 6.53. The van der Waals surface area contributed by atoms with Crippen molar-refractivity contribution in [1.82, 2.24) is 5.32 Å². The van der Waals surface area contributed by atoms with Crippen LogP contribution >= 0.6 is 0 Å². The Morgan fingerprint density at radius 2 is 1.71 bits per heavy atom. The van der Waals surface area contributed by atoms with Crippen molar-refractivity contribution in [1.29, 1.82) is 0 Å². The van der Waals surface area contributed by atoms with E-state index in [1.165, 1.54) is 0 Å². The Labute approximate surface area is 145 Å². The number of carbonyl (C=O) groups is 2. The van der Waals surface area contributed by atoms with E-state index >= 15 is 0 Å². The zero-order valence-electron chi connectivity index (χ0n) is 15.4. The van der Waals surface area contributed by atoms with Gasteiger partial charge in [0.15, 0.2) is 0 Å². The standard InChI is InChI=1S/C19H33NO4/c1-4-18(21)14-11-15(12-14)20-19(22)9-10-23-16-5-7-17(8-6-16)24-13(2)3/h13-17H,4-12H2,1-3H3,(H,20,22)/t14-,15+,16-,17-. The average Bonchev–Trinajstić information content (AvgIpc) is 2.51. The van der Waals surface area contributed by atoms with Gasteiger partial charge in [-0.15, -0.1) is 0 Å². The molecule has 0 atom stereocenters. The van der Waals surface area contributed by atoms with E-state index in [1.54, 1.807) is 0 Å². The van der Waals surface area contributed by atoms with Gasteiger partial charge in [-0.1, -0.05) is 6.92 Å². The summed E-state index contributed by atoms with van der Waals surface area (Å²) < 4.78 is 11.7. The number of carbonyl (C=O) groups excluding carboxylic acids is 2. The van der Waals surface area contributed by atoms with E-state index < -0.39 is 0 Å². The third-order valence-corrected chi connectivity index (χ3v) is 5.08. The molecule has 0 saturated heterocycles. The van der Waals surface area contributed by atoms with Crippen molar-refractivity contribution in [3.05, 3.63) is 0 Å². The van der Waals surface area contributed by atoms with Crippen LogP contribution in [-0.2, 0) is 19.1 Å². The molecule has 0 unspecified atom stereocenters. The quantitative estimate of drug-likeness (QED) is 0.701. The minimum atomic E-state index is 0.0409. The van der Waals surface area contributed by atoms with Gasteiger partial charge in [0.1, 0.15) is 5.78 Å². The van der Waals surface area contributed by atoms with Gasteiger partial charge >= 0.3 is 0 Å². The molecule has 0 aromatic rings. The zero-order chi connectivity index (χ0) is 17.5. The number of Topliss-reactive ketones (excluding diaryl/α,β-unsaturated/α-hetero) is 1. The molecular formula is C19H33NO4. The number of ketones is 1. The van der Waals surface area contributed by atoms with Gasteiger partial charge in [-0.3, -0.25) is 9.59 Å². The lowest BCUT2D eigenvalue weighted by Gasteiger charge is -2.34. The van der Waals surface area contributed by atoms with Gasteiger partial charge in [-0.25, -0.2) is 0 Å². The third-order valence-electron chi connectivity index (χ3n) is 5.08. The van der Waals surface area contributed by atoms with E-state index in [4.69, 9.17) is 9.47 Å². The van der Waals surface area contributed by atoms with Crippen molar-refractivity contribution in [3.63, 3.8) is 0 Å². The van der Waals surface area contributed by atoms with Crippen LogP contribution in [0.2, 0.25) is 0 Å². The average molecular weight is 339 g/mol. The molecule has 138 valence electrons. The Bertz CT molecular complexity index is 410. The molecule has 0 radical (unpaired) electrons. The van der Waals surface area contributed by atoms with E-state index in [-0.39, 0.29) is 30.1 Å². The fraction of sp³-hybridized carbons (Fsp3) is 0.895. The van der Waals surface area contributed by atoms with Crippen LogP contribution in [0.3, 0.4) is 0 Å². The summed E-state index contributed by atoms with van der Waals surface area (Å²) >= 11 is 0. The summed E-state index contributed by atoms with van der Waals surface area (Å²) in [4.78, 5) is 23.4. The predicted molar refractivity (Wildman–Crippen MR) is 92.8 cm³/mol. The highest BCUT2D eigenvalue weighted by Gasteiger charge is 2.34. The molecule has 5 heteroatoms. The van der Waals surface area contributed by atoms with Crippen LogP contribution in [0, 0.1) is 5.92 Å². The highest BCUT2D eigenvalue weighted by atomic mass is 16.5. The molecule has 0 aromatic heterocycles. The molecule has 0 heterocycles. The second kappa shape index (κ2) is 9.52. The lowest BCUT2D eigenvalue weighted by molar-refractivity contribution is -0.129. The minimum Gasteiger partial charge on any atom is -0.378 e. The molecule has 0 aromatic carbocycles. The number of rotatable bonds is 9. The van der Waals surface area contributed by atoms with Crippen LogP contribution in [0.1, 0.15) is 72.1 Å². The smallest absolute Gasteiger partial charge is 0.222 e. The van der Waals surface area contributed by atoms with Crippen LogP contribution in [-0.4, -0.2) is 42.7 Å². The van der Waals surface area contributed by atoms with Crippen molar-refractivity contribution in [3.8, 4) is 0 Å². The maximum Gasteiger partial charge on any atom is 0.222 e. The molecule has 0 aliphatic heterocycles. The first-order valence-electron chi connectivity index (χ1n) is 9.57. The molecule has 1 N–H and O–H groups in total. The highest BCUT2D eigenvalue weighted by molar-refractivity contribution is 5.82. The Morgan fingerprint density at radius 3 is 2.29 bits per heavy atom. The van der Waals surface area contributed by atoms with E-state index in [0.29, 0.717) is 31.3 Å². The van der Waals surface area contributed by atoms with Gasteiger partial charge < -0.3 is 14.8 Å². The second-order valence-electron chi connectivity index (χ2n) is 7.46. The summed E-state index contributed by atoms with van der Waals surface area (Å²) in [5, 5.41) is 3.00. The largest absolute Gasteiger partial charge is 0.378 e. The topological polar surface area (TPSA) is 64.6 Å². The van der Waals surface area contributed by atoms with Crippen molar-refractivity contribution in [2.75, 3.05) is 6.61 Å². The van der Waals surface area contributed by atoms with Crippen LogP contribution in [0.5, 0.6) is 0 Å². The number of amides is 1. The van der Waals surface area contributed by atoms with Gasteiger partial charge in [0, 0.05) is 24.8 Å². The number of nitrogens with one attached hydrogen (secondary N) is 1. The van der Waals surface area contributed by atoms with E-state index in [2.05, 4.69) is 19.2 Å². The lowest BCUT2D eigenvalue weighted by atomic mass is 9.77. The summed E-state index contributed by atoms with van der Waals surface area (Å²) in [6, 6.07) is 0.182. The molecule has 2 aliphatic rings. The monoisotopic (exact) mass is 339 g/mol.